The number of hydrogen-bond acceptors (Lipinski definition) is 3. The summed E-state index contributed by atoms with van der Waals surface area (Å²) in [4.78, 5) is 24.1. The molecule has 0 saturated heterocycles. The molecule has 0 aliphatic rings. The van der Waals surface area contributed by atoms with Gasteiger partial charge in [0.25, 0.3) is 5.91 Å². The van der Waals surface area contributed by atoms with Crippen LogP contribution < -0.4 is 4.74 Å². The molecule has 0 bridgehead atoms. The Labute approximate surface area is 148 Å². The molecule has 1 aromatic heterocycles. The van der Waals surface area contributed by atoms with E-state index in [1.54, 1.807) is 55.8 Å². The number of halogens is 2. The van der Waals surface area contributed by atoms with Gasteiger partial charge in [-0.1, -0.05) is 11.6 Å². The minimum absolute atomic E-state index is 0.0339. The second-order valence-electron chi connectivity index (χ2n) is 5.25. The number of ether oxygens (including phenoxy) is 1. The number of nitrogens with zero attached hydrogens (tertiary/aromatic N) is 1. The van der Waals surface area contributed by atoms with Gasteiger partial charge in [0.2, 0.25) is 5.24 Å². The molecule has 0 aliphatic carbocycles. The Balaban J connectivity index is 2.15. The SMILES string of the molecule is COc1ccc2c(c1)c(CC(=O)Cl)cn2C(=O)c1ccc(Cl)cc1. The Kier molecular flexibility index (Phi) is 4.60. The van der Waals surface area contributed by atoms with Gasteiger partial charge in [-0.3, -0.25) is 14.2 Å². The number of hydrogen-bond donors (Lipinski definition) is 0. The first-order valence-electron chi connectivity index (χ1n) is 7.16. The van der Waals surface area contributed by atoms with Crippen LogP contribution in [0.3, 0.4) is 0 Å². The molecule has 3 rings (SSSR count). The van der Waals surface area contributed by atoms with Gasteiger partial charge in [0.05, 0.1) is 12.6 Å². The number of benzene rings is 2. The van der Waals surface area contributed by atoms with Crippen LogP contribution in [-0.4, -0.2) is 22.8 Å². The lowest BCUT2D eigenvalue weighted by Crippen LogP contribution is -2.10. The average Bonchev–Trinajstić information content (AvgIpc) is 2.92. The summed E-state index contributed by atoms with van der Waals surface area (Å²) >= 11 is 11.4. The molecule has 0 N–H and O–H groups in total. The van der Waals surface area contributed by atoms with E-state index in [2.05, 4.69) is 0 Å². The van der Waals surface area contributed by atoms with Crippen molar-refractivity contribution < 1.29 is 14.3 Å². The fraction of sp³-hybridized carbons (Fsp3) is 0.111. The number of aromatic nitrogens is 1. The monoisotopic (exact) mass is 361 g/mol. The molecule has 3 aromatic rings. The van der Waals surface area contributed by atoms with Crippen LogP contribution in [-0.2, 0) is 11.2 Å². The summed E-state index contributed by atoms with van der Waals surface area (Å²) in [6.07, 6.45) is 1.67. The zero-order valence-electron chi connectivity index (χ0n) is 12.8. The third-order valence-electron chi connectivity index (χ3n) is 3.73. The molecule has 0 radical (unpaired) electrons. The molecule has 0 atom stereocenters. The normalized spacial score (nSPS) is 10.8. The van der Waals surface area contributed by atoms with Gasteiger partial charge >= 0.3 is 0 Å². The molecule has 0 fully saturated rings. The van der Waals surface area contributed by atoms with Gasteiger partial charge in [-0.15, -0.1) is 0 Å². The molecule has 0 spiro atoms. The zero-order chi connectivity index (χ0) is 17.3. The van der Waals surface area contributed by atoms with E-state index in [9.17, 15) is 9.59 Å². The summed E-state index contributed by atoms with van der Waals surface area (Å²) in [5, 5.41) is 0.823. The molecule has 6 heteroatoms. The molecule has 2 aromatic carbocycles. The van der Waals surface area contributed by atoms with E-state index >= 15 is 0 Å². The summed E-state index contributed by atoms with van der Waals surface area (Å²) in [6.45, 7) is 0. The Hall–Kier alpha value is -2.30. The lowest BCUT2D eigenvalue weighted by molar-refractivity contribution is -0.111. The van der Waals surface area contributed by atoms with Crippen LogP contribution in [0, 0.1) is 0 Å². The first-order chi connectivity index (χ1) is 11.5. The predicted octanol–water partition coefficient (Wildman–Crippen LogP) is 4.30. The number of methoxy groups -OCH3 is 1. The van der Waals surface area contributed by atoms with E-state index in [4.69, 9.17) is 27.9 Å². The van der Waals surface area contributed by atoms with Crippen LogP contribution in [0.2, 0.25) is 5.02 Å². The number of rotatable bonds is 4. The van der Waals surface area contributed by atoms with Crippen LogP contribution in [0.5, 0.6) is 5.75 Å². The fourth-order valence-electron chi connectivity index (χ4n) is 2.59. The van der Waals surface area contributed by atoms with E-state index in [1.807, 2.05) is 0 Å². The van der Waals surface area contributed by atoms with Crippen molar-refractivity contribution in [3.05, 3.63) is 64.8 Å². The van der Waals surface area contributed by atoms with Crippen molar-refractivity contribution in [2.24, 2.45) is 0 Å². The maximum atomic E-state index is 12.8. The number of carbonyl (C=O) groups is 2. The highest BCUT2D eigenvalue weighted by Gasteiger charge is 2.17. The van der Waals surface area contributed by atoms with Crippen molar-refractivity contribution in [3.8, 4) is 5.75 Å². The lowest BCUT2D eigenvalue weighted by atomic mass is 10.1. The molecule has 0 saturated carbocycles. The highest BCUT2D eigenvalue weighted by atomic mass is 35.5. The molecule has 122 valence electrons. The second-order valence-corrected chi connectivity index (χ2v) is 6.11. The van der Waals surface area contributed by atoms with E-state index in [1.165, 1.54) is 4.57 Å². The topological polar surface area (TPSA) is 48.3 Å². The van der Waals surface area contributed by atoms with Gasteiger partial charge < -0.3 is 4.74 Å². The van der Waals surface area contributed by atoms with Crippen LogP contribution in [0.1, 0.15) is 15.9 Å². The van der Waals surface area contributed by atoms with Crippen molar-refractivity contribution in [2.45, 2.75) is 6.42 Å². The smallest absolute Gasteiger partial charge is 0.262 e. The number of carbonyl (C=O) groups excluding carboxylic acids is 2. The summed E-state index contributed by atoms with van der Waals surface area (Å²) in [5.41, 5.74) is 1.85. The highest BCUT2D eigenvalue weighted by Crippen LogP contribution is 2.27. The van der Waals surface area contributed by atoms with E-state index < -0.39 is 5.24 Å². The standard InChI is InChI=1S/C18H13Cl2NO3/c1-24-14-6-7-16-15(9-14)12(8-17(20)22)10-21(16)18(23)11-2-4-13(19)5-3-11/h2-7,9-10H,8H2,1H3. The van der Waals surface area contributed by atoms with E-state index in [0.29, 0.717) is 27.4 Å². The van der Waals surface area contributed by atoms with Crippen LogP contribution in [0.15, 0.2) is 48.7 Å². The summed E-state index contributed by atoms with van der Waals surface area (Å²) in [7, 11) is 1.56. The van der Waals surface area contributed by atoms with Gasteiger partial charge in [-0.25, -0.2) is 0 Å². The molecule has 4 nitrogen and oxygen atoms in total. The third-order valence-corrected chi connectivity index (χ3v) is 4.12. The molecule has 0 unspecified atom stereocenters. The molecular formula is C18H13Cl2NO3. The summed E-state index contributed by atoms with van der Waals surface area (Å²) in [5.74, 6) is 0.428. The van der Waals surface area contributed by atoms with Gasteiger partial charge in [-0.05, 0) is 59.6 Å². The average molecular weight is 362 g/mol. The Morgan fingerprint density at radius 1 is 1.12 bits per heavy atom. The van der Waals surface area contributed by atoms with Crippen LogP contribution in [0.25, 0.3) is 10.9 Å². The quantitative estimate of drug-likeness (QED) is 0.650. The summed E-state index contributed by atoms with van der Waals surface area (Å²) < 4.78 is 6.73. The van der Waals surface area contributed by atoms with Crippen molar-refractivity contribution in [1.29, 1.82) is 0 Å². The van der Waals surface area contributed by atoms with E-state index in [0.717, 1.165) is 5.39 Å². The van der Waals surface area contributed by atoms with Crippen LogP contribution in [0.4, 0.5) is 0 Å². The number of fused-ring (bicyclic) bond motifs is 1. The van der Waals surface area contributed by atoms with Crippen LogP contribution >= 0.6 is 23.2 Å². The van der Waals surface area contributed by atoms with Gasteiger partial charge in [-0.2, -0.15) is 0 Å². The Morgan fingerprint density at radius 2 is 1.83 bits per heavy atom. The maximum absolute atomic E-state index is 12.8. The minimum atomic E-state index is -0.490. The Bertz CT molecular complexity index is 929. The van der Waals surface area contributed by atoms with E-state index in [-0.39, 0.29) is 12.3 Å². The largest absolute Gasteiger partial charge is 0.497 e. The first-order valence-corrected chi connectivity index (χ1v) is 7.92. The molecule has 0 amide bonds. The van der Waals surface area contributed by atoms with Crippen molar-refractivity contribution in [3.63, 3.8) is 0 Å². The summed E-state index contributed by atoms with van der Waals surface area (Å²) in [6, 6.07) is 12.0. The van der Waals surface area contributed by atoms with Crippen molar-refractivity contribution in [2.75, 3.05) is 7.11 Å². The van der Waals surface area contributed by atoms with Crippen molar-refractivity contribution >= 4 is 45.3 Å². The van der Waals surface area contributed by atoms with Gasteiger partial charge in [0.1, 0.15) is 5.75 Å². The fourth-order valence-corrected chi connectivity index (χ4v) is 2.86. The Morgan fingerprint density at radius 3 is 2.46 bits per heavy atom. The third kappa shape index (κ3) is 3.16. The molecule has 0 aliphatic heterocycles. The van der Waals surface area contributed by atoms with Gasteiger partial charge in [0, 0.05) is 28.6 Å². The molecular weight excluding hydrogens is 349 g/mol. The zero-order valence-corrected chi connectivity index (χ0v) is 14.3. The van der Waals surface area contributed by atoms with Crippen molar-refractivity contribution in [1.82, 2.24) is 4.57 Å². The minimum Gasteiger partial charge on any atom is -0.497 e. The molecule has 1 heterocycles. The second kappa shape index (κ2) is 6.67. The first kappa shape index (κ1) is 16.6. The van der Waals surface area contributed by atoms with Gasteiger partial charge in [0.15, 0.2) is 0 Å². The predicted molar refractivity (Wildman–Crippen MR) is 94.2 cm³/mol. The highest BCUT2D eigenvalue weighted by molar-refractivity contribution is 6.63. The lowest BCUT2D eigenvalue weighted by Gasteiger charge is -2.05. The maximum Gasteiger partial charge on any atom is 0.262 e. The molecule has 24 heavy (non-hydrogen) atoms.